The van der Waals surface area contributed by atoms with Crippen molar-refractivity contribution in [3.05, 3.63) is 77.0 Å². The molecule has 0 aromatic heterocycles. The topological polar surface area (TPSA) is 105 Å². The Kier molecular flexibility index (Phi) is 7.14. The molecule has 0 aliphatic rings. The van der Waals surface area contributed by atoms with Gasteiger partial charge in [-0.15, -0.1) is 0 Å². The molecule has 0 radical (unpaired) electrons. The number of hydrogen-bond acceptors (Lipinski definition) is 4. The van der Waals surface area contributed by atoms with Crippen LogP contribution in [-0.2, 0) is 16.1 Å². The summed E-state index contributed by atoms with van der Waals surface area (Å²) < 4.78 is 5.23. The van der Waals surface area contributed by atoms with Gasteiger partial charge >= 0.3 is 12.1 Å². The van der Waals surface area contributed by atoms with E-state index in [4.69, 9.17) is 9.84 Å². The third-order valence-corrected chi connectivity index (χ3v) is 3.64. The summed E-state index contributed by atoms with van der Waals surface area (Å²) in [5, 5.41) is 14.1. The first-order valence-corrected chi connectivity index (χ1v) is 9.01. The van der Waals surface area contributed by atoms with Gasteiger partial charge in [0.2, 0.25) is 0 Å². The lowest BCUT2D eigenvalue weighted by molar-refractivity contribution is -0.118. The fourth-order valence-corrected chi connectivity index (χ4v) is 2.33. The van der Waals surface area contributed by atoms with Gasteiger partial charge in [-0.3, -0.25) is 10.1 Å². The predicted octanol–water partition coefficient (Wildman–Crippen LogP) is 3.57. The Hall–Kier alpha value is -3.61. The number of carboxylic acids is 1. The Labute approximate surface area is 169 Å². The fraction of sp³-hybridized carbons (Fsp3) is 0.227. The number of amides is 2. The summed E-state index contributed by atoms with van der Waals surface area (Å²) in [5.41, 5.74) is 0.952. The summed E-state index contributed by atoms with van der Waals surface area (Å²) in [5.74, 6) is -1.52. The zero-order valence-corrected chi connectivity index (χ0v) is 16.6. The van der Waals surface area contributed by atoms with E-state index in [1.807, 2.05) is 18.2 Å². The molecule has 0 saturated carbocycles. The van der Waals surface area contributed by atoms with E-state index in [1.54, 1.807) is 51.1 Å². The second kappa shape index (κ2) is 9.54. The highest BCUT2D eigenvalue weighted by Gasteiger charge is 2.19. The van der Waals surface area contributed by atoms with Crippen LogP contribution in [0.15, 0.2) is 60.3 Å². The highest BCUT2D eigenvalue weighted by atomic mass is 16.6. The maximum atomic E-state index is 12.7. The van der Waals surface area contributed by atoms with Crippen molar-refractivity contribution in [3.8, 4) is 0 Å². The smallest absolute Gasteiger partial charge is 0.412 e. The van der Waals surface area contributed by atoms with Crippen molar-refractivity contribution in [2.45, 2.75) is 32.9 Å². The van der Waals surface area contributed by atoms with Crippen molar-refractivity contribution in [2.24, 2.45) is 0 Å². The van der Waals surface area contributed by atoms with Gasteiger partial charge in [0.25, 0.3) is 5.91 Å². The fourth-order valence-electron chi connectivity index (χ4n) is 2.33. The number of rotatable bonds is 6. The SMILES string of the molecule is CC(C)(C)OC(=O)NC(=Cc1ccccc1)C(=O)NCc1ccc(C(=O)O)cc1. The summed E-state index contributed by atoms with van der Waals surface area (Å²) in [4.78, 5) is 35.7. The number of benzene rings is 2. The maximum Gasteiger partial charge on any atom is 0.412 e. The molecule has 0 spiro atoms. The van der Waals surface area contributed by atoms with E-state index in [-0.39, 0.29) is 17.8 Å². The Morgan fingerprint density at radius 1 is 1.00 bits per heavy atom. The highest BCUT2D eigenvalue weighted by Crippen LogP contribution is 2.10. The molecule has 0 aliphatic heterocycles. The Balaban J connectivity index is 2.12. The molecule has 29 heavy (non-hydrogen) atoms. The van der Waals surface area contributed by atoms with E-state index >= 15 is 0 Å². The van der Waals surface area contributed by atoms with Gasteiger partial charge in [-0.25, -0.2) is 9.59 Å². The minimum atomic E-state index is -1.02. The molecule has 152 valence electrons. The van der Waals surface area contributed by atoms with Gasteiger partial charge in [0.1, 0.15) is 11.3 Å². The first kappa shape index (κ1) is 21.7. The number of carbonyl (C=O) groups is 3. The Morgan fingerprint density at radius 2 is 1.62 bits per heavy atom. The monoisotopic (exact) mass is 396 g/mol. The quantitative estimate of drug-likeness (QED) is 0.648. The van der Waals surface area contributed by atoms with E-state index in [0.717, 1.165) is 11.1 Å². The maximum absolute atomic E-state index is 12.7. The van der Waals surface area contributed by atoms with Crippen LogP contribution < -0.4 is 10.6 Å². The zero-order chi connectivity index (χ0) is 21.4. The molecule has 3 N–H and O–H groups in total. The van der Waals surface area contributed by atoms with E-state index in [0.29, 0.717) is 0 Å². The molecule has 0 aliphatic carbocycles. The molecule has 2 aromatic carbocycles. The van der Waals surface area contributed by atoms with Gasteiger partial charge in [0.05, 0.1) is 5.56 Å². The van der Waals surface area contributed by atoms with Gasteiger partial charge in [-0.1, -0.05) is 42.5 Å². The molecule has 0 atom stereocenters. The van der Waals surface area contributed by atoms with Crippen LogP contribution in [0.25, 0.3) is 6.08 Å². The highest BCUT2D eigenvalue weighted by molar-refractivity contribution is 6.00. The number of hydrogen-bond donors (Lipinski definition) is 3. The summed E-state index contributed by atoms with van der Waals surface area (Å²) >= 11 is 0. The molecule has 7 nitrogen and oxygen atoms in total. The lowest BCUT2D eigenvalue weighted by atomic mass is 10.1. The van der Waals surface area contributed by atoms with E-state index in [1.165, 1.54) is 12.1 Å². The van der Waals surface area contributed by atoms with Crippen LogP contribution in [0.2, 0.25) is 0 Å². The largest absolute Gasteiger partial charge is 0.478 e. The lowest BCUT2D eigenvalue weighted by Crippen LogP contribution is -2.37. The lowest BCUT2D eigenvalue weighted by Gasteiger charge is -2.20. The average Bonchev–Trinajstić information content (AvgIpc) is 2.65. The molecule has 0 heterocycles. The second-order valence-electron chi connectivity index (χ2n) is 7.28. The van der Waals surface area contributed by atoms with Crippen LogP contribution in [-0.4, -0.2) is 28.7 Å². The molecular weight excluding hydrogens is 372 g/mol. The summed E-state index contributed by atoms with van der Waals surface area (Å²) in [6.07, 6.45) is 0.813. The van der Waals surface area contributed by atoms with Gasteiger partial charge in [0, 0.05) is 6.54 Å². The number of alkyl carbamates (subject to hydrolysis) is 1. The van der Waals surface area contributed by atoms with Gasteiger partial charge in [-0.2, -0.15) is 0 Å². The Bertz CT molecular complexity index is 897. The van der Waals surface area contributed by atoms with Crippen LogP contribution in [0.4, 0.5) is 4.79 Å². The van der Waals surface area contributed by atoms with E-state index < -0.39 is 23.6 Å². The van der Waals surface area contributed by atoms with Crippen molar-refractivity contribution in [3.63, 3.8) is 0 Å². The molecule has 0 saturated heterocycles. The van der Waals surface area contributed by atoms with Crippen molar-refractivity contribution in [2.75, 3.05) is 0 Å². The number of carboxylic acid groups (broad SMARTS) is 1. The first-order valence-electron chi connectivity index (χ1n) is 9.01. The average molecular weight is 396 g/mol. The van der Waals surface area contributed by atoms with Crippen molar-refractivity contribution < 1.29 is 24.2 Å². The number of ether oxygens (including phenoxy) is 1. The number of carbonyl (C=O) groups excluding carboxylic acids is 2. The minimum absolute atomic E-state index is 0.0348. The molecule has 2 amide bonds. The molecule has 2 aromatic rings. The standard InChI is InChI=1S/C22H24N2O5/c1-22(2,3)29-21(28)24-18(13-15-7-5-4-6-8-15)19(25)23-14-16-9-11-17(12-10-16)20(26)27/h4-13H,14H2,1-3H3,(H,23,25)(H,24,28)(H,26,27). The third kappa shape index (κ3) is 7.50. The van der Waals surface area contributed by atoms with Crippen molar-refractivity contribution in [1.29, 1.82) is 0 Å². The molecule has 0 bridgehead atoms. The third-order valence-electron chi connectivity index (χ3n) is 3.64. The van der Waals surface area contributed by atoms with Gasteiger partial charge < -0.3 is 15.2 Å². The summed E-state index contributed by atoms with van der Waals surface area (Å²) in [6, 6.07) is 15.2. The minimum Gasteiger partial charge on any atom is -0.478 e. The molecule has 0 unspecified atom stereocenters. The van der Waals surface area contributed by atoms with Crippen molar-refractivity contribution >= 4 is 24.0 Å². The van der Waals surface area contributed by atoms with Crippen LogP contribution >= 0.6 is 0 Å². The normalized spacial score (nSPS) is 11.5. The molecule has 2 rings (SSSR count). The molecule has 7 heteroatoms. The van der Waals surface area contributed by atoms with Gasteiger partial charge in [0.15, 0.2) is 0 Å². The summed E-state index contributed by atoms with van der Waals surface area (Å²) in [7, 11) is 0. The predicted molar refractivity (Wildman–Crippen MR) is 109 cm³/mol. The zero-order valence-electron chi connectivity index (χ0n) is 16.6. The van der Waals surface area contributed by atoms with E-state index in [2.05, 4.69) is 10.6 Å². The Morgan fingerprint density at radius 3 is 2.17 bits per heavy atom. The van der Waals surface area contributed by atoms with Crippen LogP contribution in [0.1, 0.15) is 42.3 Å². The second-order valence-corrected chi connectivity index (χ2v) is 7.28. The number of aromatic carboxylic acids is 1. The van der Waals surface area contributed by atoms with Crippen molar-refractivity contribution in [1.82, 2.24) is 10.6 Å². The van der Waals surface area contributed by atoms with Crippen LogP contribution in [0.5, 0.6) is 0 Å². The van der Waals surface area contributed by atoms with Crippen LogP contribution in [0.3, 0.4) is 0 Å². The first-order chi connectivity index (χ1) is 13.6. The van der Waals surface area contributed by atoms with Gasteiger partial charge in [-0.05, 0) is 50.1 Å². The molecular formula is C22H24N2O5. The summed E-state index contributed by atoms with van der Waals surface area (Å²) in [6.45, 7) is 5.36. The van der Waals surface area contributed by atoms with E-state index in [9.17, 15) is 14.4 Å². The molecule has 0 fully saturated rings. The number of nitrogens with one attached hydrogen (secondary N) is 2. The van der Waals surface area contributed by atoms with Crippen LogP contribution in [0, 0.1) is 0 Å².